The summed E-state index contributed by atoms with van der Waals surface area (Å²) in [7, 11) is 0. The molecule has 3 rings (SSSR count). The predicted octanol–water partition coefficient (Wildman–Crippen LogP) is 2.06. The Kier molecular flexibility index (Phi) is 8.17. The quantitative estimate of drug-likeness (QED) is 0.717. The maximum absolute atomic E-state index is 13.7. The van der Waals surface area contributed by atoms with Crippen LogP contribution < -0.4 is 10.6 Å². The second kappa shape index (κ2) is 9.40. The third-order valence-electron chi connectivity index (χ3n) is 3.83. The number of piperidine rings is 1. The second-order valence-corrected chi connectivity index (χ2v) is 5.72. The summed E-state index contributed by atoms with van der Waals surface area (Å²) in [6, 6.07) is 3.53. The average Bonchev–Trinajstić information content (AvgIpc) is 2.96. The molecular formula is C15H20Cl2F2N4O2. The van der Waals surface area contributed by atoms with E-state index in [9.17, 15) is 13.9 Å². The Labute approximate surface area is 156 Å². The topological polar surface area (TPSA) is 83.2 Å². The molecule has 1 fully saturated rings. The van der Waals surface area contributed by atoms with Crippen LogP contribution in [0.15, 0.2) is 22.7 Å². The fourth-order valence-electron chi connectivity index (χ4n) is 2.64. The summed E-state index contributed by atoms with van der Waals surface area (Å²) in [5, 5.41) is 20.2. The number of halogens is 4. The summed E-state index contributed by atoms with van der Waals surface area (Å²) in [5.74, 6) is -1.43. The van der Waals surface area contributed by atoms with E-state index in [2.05, 4.69) is 20.8 Å². The van der Waals surface area contributed by atoms with Crippen LogP contribution in [-0.2, 0) is 6.54 Å². The van der Waals surface area contributed by atoms with E-state index in [4.69, 9.17) is 4.52 Å². The van der Waals surface area contributed by atoms with Crippen molar-refractivity contribution in [1.82, 2.24) is 20.8 Å². The van der Waals surface area contributed by atoms with Crippen LogP contribution in [0.2, 0.25) is 0 Å². The smallest absolute Gasteiger partial charge is 0.263 e. The molecular weight excluding hydrogens is 377 g/mol. The van der Waals surface area contributed by atoms with Crippen molar-refractivity contribution in [2.24, 2.45) is 0 Å². The van der Waals surface area contributed by atoms with E-state index in [1.807, 2.05) is 0 Å². The summed E-state index contributed by atoms with van der Waals surface area (Å²) in [6.07, 6.45) is 1.63. The molecule has 1 aliphatic heterocycles. The molecule has 2 heterocycles. The van der Waals surface area contributed by atoms with Crippen molar-refractivity contribution >= 4 is 24.8 Å². The van der Waals surface area contributed by atoms with Crippen LogP contribution in [0.25, 0.3) is 11.5 Å². The minimum absolute atomic E-state index is 0. The number of nitrogens with one attached hydrogen (secondary N) is 2. The molecule has 10 heteroatoms. The summed E-state index contributed by atoms with van der Waals surface area (Å²) in [4.78, 5) is 3.99. The maximum atomic E-state index is 13.7. The normalized spacial score (nSPS) is 19.8. The number of aromatic nitrogens is 2. The number of hydrogen-bond acceptors (Lipinski definition) is 6. The van der Waals surface area contributed by atoms with E-state index >= 15 is 0 Å². The second-order valence-electron chi connectivity index (χ2n) is 5.72. The van der Waals surface area contributed by atoms with E-state index in [-0.39, 0.29) is 48.6 Å². The Bertz CT molecular complexity index is 661. The van der Waals surface area contributed by atoms with Gasteiger partial charge in [-0.15, -0.1) is 24.8 Å². The van der Waals surface area contributed by atoms with Gasteiger partial charge in [-0.25, -0.2) is 8.78 Å². The third-order valence-corrected chi connectivity index (χ3v) is 3.83. The molecule has 0 aliphatic carbocycles. The molecule has 0 amide bonds. The van der Waals surface area contributed by atoms with Gasteiger partial charge in [-0.1, -0.05) is 11.2 Å². The highest BCUT2D eigenvalue weighted by Crippen LogP contribution is 2.24. The number of aliphatic hydroxyl groups is 1. The molecule has 1 unspecified atom stereocenters. The SMILES string of the molecule is Cl.Cl.OC1(CNCc2noc(-c3c(F)cccc3F)n2)CCCNC1. The zero-order chi connectivity index (χ0) is 16.3. The molecule has 0 bridgehead atoms. The van der Waals surface area contributed by atoms with Crippen LogP contribution in [0.4, 0.5) is 8.78 Å². The van der Waals surface area contributed by atoms with E-state index in [1.54, 1.807) is 0 Å². The molecule has 2 aromatic rings. The Morgan fingerprint density at radius 2 is 2.00 bits per heavy atom. The predicted molar refractivity (Wildman–Crippen MR) is 92.9 cm³/mol. The highest BCUT2D eigenvalue weighted by Gasteiger charge is 2.28. The summed E-state index contributed by atoms with van der Waals surface area (Å²) < 4.78 is 32.3. The van der Waals surface area contributed by atoms with E-state index < -0.39 is 17.2 Å². The van der Waals surface area contributed by atoms with E-state index in [0.29, 0.717) is 19.5 Å². The van der Waals surface area contributed by atoms with Crippen LogP contribution in [0, 0.1) is 11.6 Å². The molecule has 0 saturated carbocycles. The minimum atomic E-state index is -0.803. The van der Waals surface area contributed by atoms with Gasteiger partial charge < -0.3 is 20.3 Å². The molecule has 1 aromatic heterocycles. The number of β-amino-alcohol motifs (C(OH)–C–C–N with tert-alkyl or cyclic N) is 1. The van der Waals surface area contributed by atoms with Crippen molar-refractivity contribution in [3.63, 3.8) is 0 Å². The first-order valence-corrected chi connectivity index (χ1v) is 7.48. The van der Waals surface area contributed by atoms with Gasteiger partial charge in [0.05, 0.1) is 12.1 Å². The average molecular weight is 397 g/mol. The molecule has 3 N–H and O–H groups in total. The lowest BCUT2D eigenvalue weighted by molar-refractivity contribution is 0.0167. The van der Waals surface area contributed by atoms with Gasteiger partial charge in [0.15, 0.2) is 5.82 Å². The van der Waals surface area contributed by atoms with Crippen molar-refractivity contribution < 1.29 is 18.4 Å². The van der Waals surface area contributed by atoms with Crippen LogP contribution >= 0.6 is 24.8 Å². The maximum Gasteiger partial charge on any atom is 0.263 e. The number of rotatable bonds is 5. The molecule has 1 aromatic carbocycles. The van der Waals surface area contributed by atoms with Crippen molar-refractivity contribution in [3.05, 3.63) is 35.7 Å². The largest absolute Gasteiger partial charge is 0.387 e. The van der Waals surface area contributed by atoms with Crippen LogP contribution in [-0.4, -0.2) is 40.5 Å². The zero-order valence-electron chi connectivity index (χ0n) is 13.3. The van der Waals surface area contributed by atoms with Gasteiger partial charge in [-0.2, -0.15) is 4.98 Å². The van der Waals surface area contributed by atoms with Crippen molar-refractivity contribution in [2.75, 3.05) is 19.6 Å². The van der Waals surface area contributed by atoms with Gasteiger partial charge in [-0.05, 0) is 31.5 Å². The fourth-order valence-corrected chi connectivity index (χ4v) is 2.64. The molecule has 0 radical (unpaired) electrons. The highest BCUT2D eigenvalue weighted by atomic mass is 35.5. The van der Waals surface area contributed by atoms with Gasteiger partial charge in [0, 0.05) is 13.1 Å². The van der Waals surface area contributed by atoms with Crippen LogP contribution in [0.1, 0.15) is 18.7 Å². The Morgan fingerprint density at radius 1 is 1.28 bits per heavy atom. The molecule has 140 valence electrons. The Morgan fingerprint density at radius 3 is 2.64 bits per heavy atom. The standard InChI is InChI=1S/C15H18F2N4O2.2ClH/c16-10-3-1-4-11(17)13(10)14-20-12(21-23-14)7-19-9-15(22)5-2-6-18-8-15;;/h1,3-4,18-19,22H,2,5-9H2;2*1H. The molecule has 1 atom stereocenters. The fraction of sp³-hybridized carbons (Fsp3) is 0.467. The van der Waals surface area contributed by atoms with E-state index in [1.165, 1.54) is 6.07 Å². The highest BCUT2D eigenvalue weighted by molar-refractivity contribution is 5.85. The lowest BCUT2D eigenvalue weighted by Gasteiger charge is -2.32. The lowest BCUT2D eigenvalue weighted by Crippen LogP contribution is -2.51. The minimum Gasteiger partial charge on any atom is -0.387 e. The van der Waals surface area contributed by atoms with E-state index in [0.717, 1.165) is 25.1 Å². The summed E-state index contributed by atoms with van der Waals surface area (Å²) >= 11 is 0. The lowest BCUT2D eigenvalue weighted by atomic mass is 9.94. The summed E-state index contributed by atoms with van der Waals surface area (Å²) in [6.45, 7) is 2.04. The molecule has 1 saturated heterocycles. The summed E-state index contributed by atoms with van der Waals surface area (Å²) in [5.41, 5.74) is -1.14. The van der Waals surface area contributed by atoms with Crippen molar-refractivity contribution in [1.29, 1.82) is 0 Å². The Balaban J connectivity index is 0.00000156. The number of nitrogens with zero attached hydrogens (tertiary/aromatic N) is 2. The molecule has 1 aliphatic rings. The number of hydrogen-bond donors (Lipinski definition) is 3. The number of benzene rings is 1. The van der Waals surface area contributed by atoms with Gasteiger partial charge in [0.2, 0.25) is 0 Å². The van der Waals surface area contributed by atoms with Crippen molar-refractivity contribution in [2.45, 2.75) is 25.0 Å². The van der Waals surface area contributed by atoms with Crippen LogP contribution in [0.3, 0.4) is 0 Å². The van der Waals surface area contributed by atoms with Gasteiger partial charge in [0.25, 0.3) is 5.89 Å². The molecule has 6 nitrogen and oxygen atoms in total. The van der Waals surface area contributed by atoms with Gasteiger partial charge in [-0.3, -0.25) is 0 Å². The monoisotopic (exact) mass is 396 g/mol. The first-order chi connectivity index (χ1) is 11.1. The molecule has 0 spiro atoms. The van der Waals surface area contributed by atoms with Crippen molar-refractivity contribution in [3.8, 4) is 11.5 Å². The first-order valence-electron chi connectivity index (χ1n) is 7.48. The molecule has 25 heavy (non-hydrogen) atoms. The third kappa shape index (κ3) is 5.32. The van der Waals surface area contributed by atoms with Crippen LogP contribution in [0.5, 0.6) is 0 Å². The zero-order valence-corrected chi connectivity index (χ0v) is 14.9. The van der Waals surface area contributed by atoms with Gasteiger partial charge in [0.1, 0.15) is 17.2 Å². The Hall–Kier alpha value is -1.32. The van der Waals surface area contributed by atoms with Gasteiger partial charge >= 0.3 is 0 Å². The first kappa shape index (κ1) is 21.7.